The van der Waals surface area contributed by atoms with Crippen LogP contribution in [0.3, 0.4) is 0 Å². The minimum absolute atomic E-state index is 0.0420. The van der Waals surface area contributed by atoms with Crippen molar-refractivity contribution in [3.8, 4) is 5.75 Å². The lowest BCUT2D eigenvalue weighted by Crippen LogP contribution is -2.37. The molecule has 5 nitrogen and oxygen atoms in total. The van der Waals surface area contributed by atoms with E-state index in [1.54, 1.807) is 24.3 Å². The molecular formula is C16H17NO4. The van der Waals surface area contributed by atoms with E-state index in [0.29, 0.717) is 17.3 Å². The Bertz CT molecular complexity index is 718. The molecule has 1 N–H and O–H groups in total. The van der Waals surface area contributed by atoms with Crippen LogP contribution in [-0.4, -0.2) is 18.6 Å². The lowest BCUT2D eigenvalue weighted by molar-refractivity contribution is -0.123. The van der Waals surface area contributed by atoms with Gasteiger partial charge in [0.05, 0.1) is 0 Å². The summed E-state index contributed by atoms with van der Waals surface area (Å²) in [6, 6.07) is 8.42. The number of ether oxygens (including phenoxy) is 1. The van der Waals surface area contributed by atoms with Crippen LogP contribution in [0.5, 0.6) is 5.75 Å². The molecule has 1 aromatic carbocycles. The van der Waals surface area contributed by atoms with E-state index in [0.717, 1.165) is 5.39 Å². The van der Waals surface area contributed by atoms with Crippen LogP contribution in [-0.2, 0) is 4.79 Å². The molecule has 21 heavy (non-hydrogen) atoms. The Hall–Kier alpha value is -2.30. The summed E-state index contributed by atoms with van der Waals surface area (Å²) in [4.78, 5) is 22.9. The molecule has 1 amide bonds. The van der Waals surface area contributed by atoms with Gasteiger partial charge in [-0.2, -0.15) is 0 Å². The highest BCUT2D eigenvalue weighted by Crippen LogP contribution is 2.32. The van der Waals surface area contributed by atoms with Crippen molar-refractivity contribution in [1.29, 1.82) is 0 Å². The second kappa shape index (κ2) is 5.60. The molecule has 0 bridgehead atoms. The van der Waals surface area contributed by atoms with E-state index in [2.05, 4.69) is 5.32 Å². The summed E-state index contributed by atoms with van der Waals surface area (Å²) in [5.74, 6) is 0.985. The van der Waals surface area contributed by atoms with Crippen molar-refractivity contribution in [1.82, 2.24) is 5.32 Å². The molecule has 1 atom stereocenters. The average Bonchev–Trinajstić information content (AvgIpc) is 3.29. The van der Waals surface area contributed by atoms with Gasteiger partial charge in [0.25, 0.3) is 5.91 Å². The number of fused-ring (bicyclic) bond motifs is 1. The molecule has 0 spiro atoms. The fourth-order valence-corrected chi connectivity index (χ4v) is 2.29. The maximum absolute atomic E-state index is 11.8. The molecule has 1 aliphatic carbocycles. The van der Waals surface area contributed by atoms with Crippen molar-refractivity contribution in [3.05, 3.63) is 40.8 Å². The van der Waals surface area contributed by atoms with Crippen molar-refractivity contribution in [2.75, 3.05) is 6.61 Å². The summed E-state index contributed by atoms with van der Waals surface area (Å²) in [5, 5.41) is 3.73. The van der Waals surface area contributed by atoms with Crippen LogP contribution in [0.15, 0.2) is 39.5 Å². The molecule has 1 aromatic heterocycles. The third kappa shape index (κ3) is 3.42. The van der Waals surface area contributed by atoms with Crippen molar-refractivity contribution in [2.45, 2.75) is 25.8 Å². The van der Waals surface area contributed by atoms with E-state index in [4.69, 9.17) is 9.15 Å². The maximum Gasteiger partial charge on any atom is 0.336 e. The number of carbonyl (C=O) groups is 1. The largest absolute Gasteiger partial charge is 0.484 e. The third-order valence-corrected chi connectivity index (χ3v) is 3.68. The molecule has 1 fully saturated rings. The fraction of sp³-hybridized carbons (Fsp3) is 0.375. The second-order valence-corrected chi connectivity index (χ2v) is 5.44. The SMILES string of the molecule is CC(NC(=O)COc1ccc2ccc(=O)oc2c1)C1CC1. The Morgan fingerprint density at radius 1 is 1.38 bits per heavy atom. The van der Waals surface area contributed by atoms with E-state index in [1.807, 2.05) is 6.92 Å². The van der Waals surface area contributed by atoms with Gasteiger partial charge in [0.15, 0.2) is 6.61 Å². The number of nitrogens with one attached hydrogen (secondary N) is 1. The number of amides is 1. The Kier molecular flexibility index (Phi) is 3.64. The number of rotatable bonds is 5. The Labute approximate surface area is 121 Å². The van der Waals surface area contributed by atoms with Crippen LogP contribution in [0.2, 0.25) is 0 Å². The van der Waals surface area contributed by atoms with Gasteiger partial charge in [-0.15, -0.1) is 0 Å². The molecule has 3 rings (SSSR count). The minimum Gasteiger partial charge on any atom is -0.484 e. The molecule has 1 heterocycles. The first-order valence-corrected chi connectivity index (χ1v) is 7.08. The summed E-state index contributed by atoms with van der Waals surface area (Å²) in [5.41, 5.74) is 0.0439. The van der Waals surface area contributed by atoms with Gasteiger partial charge in [-0.1, -0.05) is 0 Å². The summed E-state index contributed by atoms with van der Waals surface area (Å²) >= 11 is 0. The highest BCUT2D eigenvalue weighted by atomic mass is 16.5. The topological polar surface area (TPSA) is 68.5 Å². The predicted octanol–water partition coefficient (Wildman–Crippen LogP) is 2.09. The molecule has 2 aromatic rings. The van der Waals surface area contributed by atoms with Crippen molar-refractivity contribution in [3.63, 3.8) is 0 Å². The Balaban J connectivity index is 1.61. The Morgan fingerprint density at radius 3 is 2.90 bits per heavy atom. The van der Waals surface area contributed by atoms with Crippen LogP contribution in [0, 0.1) is 5.92 Å². The molecular weight excluding hydrogens is 270 g/mol. The van der Waals surface area contributed by atoms with E-state index in [9.17, 15) is 9.59 Å². The molecule has 0 radical (unpaired) electrons. The van der Waals surface area contributed by atoms with Gasteiger partial charge in [-0.05, 0) is 43.9 Å². The monoisotopic (exact) mass is 287 g/mol. The summed E-state index contributed by atoms with van der Waals surface area (Å²) in [7, 11) is 0. The molecule has 1 unspecified atom stereocenters. The first-order chi connectivity index (χ1) is 10.1. The van der Waals surface area contributed by atoms with E-state index in [-0.39, 0.29) is 18.6 Å². The predicted molar refractivity (Wildman–Crippen MR) is 78.3 cm³/mol. The van der Waals surface area contributed by atoms with Gasteiger partial charge in [0.2, 0.25) is 0 Å². The van der Waals surface area contributed by atoms with Gasteiger partial charge < -0.3 is 14.5 Å². The summed E-state index contributed by atoms with van der Waals surface area (Å²) in [6.45, 7) is 1.97. The Morgan fingerprint density at radius 2 is 2.14 bits per heavy atom. The van der Waals surface area contributed by atoms with Crippen LogP contribution in [0.25, 0.3) is 11.0 Å². The first kappa shape index (κ1) is 13.7. The van der Waals surface area contributed by atoms with E-state index in [1.165, 1.54) is 18.9 Å². The normalized spacial score (nSPS) is 15.7. The van der Waals surface area contributed by atoms with Gasteiger partial charge >= 0.3 is 5.63 Å². The smallest absolute Gasteiger partial charge is 0.336 e. The molecule has 0 saturated heterocycles. The molecule has 1 saturated carbocycles. The molecule has 5 heteroatoms. The quantitative estimate of drug-likeness (QED) is 0.855. The van der Waals surface area contributed by atoms with Gasteiger partial charge in [-0.3, -0.25) is 4.79 Å². The zero-order valence-electron chi connectivity index (χ0n) is 11.8. The van der Waals surface area contributed by atoms with Gasteiger partial charge in [0, 0.05) is 23.6 Å². The number of hydrogen-bond donors (Lipinski definition) is 1. The third-order valence-electron chi connectivity index (χ3n) is 3.68. The van der Waals surface area contributed by atoms with Crippen LogP contribution >= 0.6 is 0 Å². The number of benzene rings is 1. The lowest BCUT2D eigenvalue weighted by Gasteiger charge is -2.13. The fourth-order valence-electron chi connectivity index (χ4n) is 2.29. The molecule has 0 aliphatic heterocycles. The average molecular weight is 287 g/mol. The van der Waals surface area contributed by atoms with Gasteiger partial charge in [0.1, 0.15) is 11.3 Å². The molecule has 110 valence electrons. The van der Waals surface area contributed by atoms with Gasteiger partial charge in [-0.25, -0.2) is 4.79 Å². The van der Waals surface area contributed by atoms with E-state index < -0.39 is 5.63 Å². The van der Waals surface area contributed by atoms with Crippen molar-refractivity contribution in [2.24, 2.45) is 5.92 Å². The zero-order valence-corrected chi connectivity index (χ0v) is 11.8. The first-order valence-electron chi connectivity index (χ1n) is 7.08. The van der Waals surface area contributed by atoms with E-state index >= 15 is 0 Å². The number of hydrogen-bond acceptors (Lipinski definition) is 4. The van der Waals surface area contributed by atoms with Crippen molar-refractivity contribution >= 4 is 16.9 Å². The summed E-state index contributed by atoms with van der Waals surface area (Å²) in [6.07, 6.45) is 2.37. The second-order valence-electron chi connectivity index (χ2n) is 5.44. The highest BCUT2D eigenvalue weighted by Gasteiger charge is 2.28. The van der Waals surface area contributed by atoms with Crippen LogP contribution in [0.4, 0.5) is 0 Å². The maximum atomic E-state index is 11.8. The number of carbonyl (C=O) groups excluding carboxylic acids is 1. The highest BCUT2D eigenvalue weighted by molar-refractivity contribution is 5.79. The lowest BCUT2D eigenvalue weighted by atomic mass is 10.2. The van der Waals surface area contributed by atoms with Crippen LogP contribution in [0.1, 0.15) is 19.8 Å². The standard InChI is InChI=1S/C16H17NO4/c1-10(11-2-3-11)17-15(18)9-20-13-6-4-12-5-7-16(19)21-14(12)8-13/h4-8,10-11H,2-3,9H2,1H3,(H,17,18). The van der Waals surface area contributed by atoms with Crippen molar-refractivity contribution < 1.29 is 13.9 Å². The molecule has 1 aliphatic rings. The van der Waals surface area contributed by atoms with Crippen LogP contribution < -0.4 is 15.7 Å². The minimum atomic E-state index is -0.407. The zero-order chi connectivity index (χ0) is 14.8. The summed E-state index contributed by atoms with van der Waals surface area (Å²) < 4.78 is 10.5.